The highest BCUT2D eigenvalue weighted by Crippen LogP contribution is 2.14. The van der Waals surface area contributed by atoms with Gasteiger partial charge in [0.25, 0.3) is 0 Å². The minimum atomic E-state index is -1.64. The summed E-state index contributed by atoms with van der Waals surface area (Å²) in [5.41, 5.74) is 17.2. The zero-order valence-electron chi connectivity index (χ0n) is 40.9. The van der Waals surface area contributed by atoms with Gasteiger partial charge in [-0.1, -0.05) is 78.3 Å². The Bertz CT molecular complexity index is 1900. The number of hydrogen-bond donors (Lipinski definition) is 12. The second-order valence-corrected chi connectivity index (χ2v) is 18.6. The predicted molar refractivity (Wildman–Crippen MR) is 256 cm³/mol. The quantitative estimate of drug-likeness (QED) is 0.0381. The molecule has 386 valence electrons. The van der Waals surface area contributed by atoms with Crippen LogP contribution in [0.1, 0.15) is 118 Å². The van der Waals surface area contributed by atoms with Crippen LogP contribution in [0, 0.1) is 17.8 Å². The van der Waals surface area contributed by atoms with Crippen molar-refractivity contribution in [1.29, 1.82) is 0 Å². The van der Waals surface area contributed by atoms with Gasteiger partial charge in [0, 0.05) is 12.8 Å². The Morgan fingerprint density at radius 2 is 1.13 bits per heavy atom. The van der Waals surface area contributed by atoms with E-state index in [4.69, 9.17) is 17.2 Å². The number of aliphatic carboxylic acids is 1. The molecule has 22 heteroatoms. The van der Waals surface area contributed by atoms with Crippen LogP contribution in [0.2, 0.25) is 0 Å². The first-order valence-corrected chi connectivity index (χ1v) is 24.0. The fourth-order valence-corrected chi connectivity index (χ4v) is 7.67. The molecule has 9 atom stereocenters. The molecular formula is C47H77N11O11. The molecule has 1 aromatic rings. The van der Waals surface area contributed by atoms with E-state index < -0.39 is 114 Å². The topological polar surface area (TPSA) is 365 Å². The molecule has 0 saturated carbocycles. The molecular weight excluding hydrogens is 895 g/mol. The maximum Gasteiger partial charge on any atom is 0.326 e. The van der Waals surface area contributed by atoms with Crippen LogP contribution >= 0.6 is 0 Å². The maximum atomic E-state index is 14.3. The van der Waals surface area contributed by atoms with Crippen molar-refractivity contribution in [3.63, 3.8) is 0 Å². The van der Waals surface area contributed by atoms with E-state index in [-0.39, 0.29) is 62.8 Å². The van der Waals surface area contributed by atoms with E-state index in [9.17, 15) is 53.1 Å². The molecule has 0 bridgehead atoms. The molecule has 0 unspecified atom stereocenters. The molecule has 0 aliphatic carbocycles. The molecule has 0 spiro atoms. The third-order valence-corrected chi connectivity index (χ3v) is 11.7. The first-order chi connectivity index (χ1) is 32.6. The number of hydrogen-bond acceptors (Lipinski definition) is 12. The molecule has 69 heavy (non-hydrogen) atoms. The van der Waals surface area contributed by atoms with E-state index >= 15 is 0 Å². The van der Waals surface area contributed by atoms with Gasteiger partial charge in [-0.05, 0) is 87.8 Å². The highest BCUT2D eigenvalue weighted by Gasteiger charge is 2.36. The van der Waals surface area contributed by atoms with Crippen molar-refractivity contribution in [2.75, 3.05) is 13.1 Å². The Hall–Kier alpha value is -6.16. The second kappa shape index (κ2) is 30.4. The van der Waals surface area contributed by atoms with Crippen LogP contribution in [-0.2, 0) is 54.4 Å². The molecule has 1 saturated heterocycles. The zero-order valence-corrected chi connectivity index (χ0v) is 40.9. The van der Waals surface area contributed by atoms with Crippen LogP contribution in [-0.4, -0.2) is 126 Å². The Morgan fingerprint density at radius 3 is 1.64 bits per heavy atom. The fourth-order valence-electron chi connectivity index (χ4n) is 7.67. The summed E-state index contributed by atoms with van der Waals surface area (Å²) in [6.07, 6.45) is 1.41. The molecule has 0 radical (unpaired) electrons. The number of unbranched alkanes of at least 4 members (excludes halogenated alkanes) is 1. The minimum absolute atomic E-state index is 0.0128. The van der Waals surface area contributed by atoms with Crippen molar-refractivity contribution in [3.8, 4) is 0 Å². The number of primary amides is 2. The first-order valence-electron chi connectivity index (χ1n) is 24.0. The standard InChI is InChI=1S/C47H77N11O11/c1-7-28(6)39(47(68)69)58-42(63)32(18-19-37(49)59)53-45(66)35(24-29-14-9-8-10-15-29)56-41(62)31(16-11-12-20-48)52-46(67)36(25-38(50)60)57-44(65)34(23-27(4)5)55-43(64)33(22-26(2)3)54-40(61)30-17-13-21-51-30/h8-10,14-15,26-28,30-36,39,51H,7,11-13,16-25,48H2,1-6H3,(H2,49,59)(H2,50,60)(H,52,67)(H,53,66)(H,54,61)(H,55,64)(H,56,62)(H,57,65)(H,58,63)(H,68,69)/t28-,30-,31-,32-,33-,34-,35-,36-,39-/m0/s1. The predicted octanol–water partition coefficient (Wildman–Crippen LogP) is -1.13. The summed E-state index contributed by atoms with van der Waals surface area (Å²) in [4.78, 5) is 133. The van der Waals surface area contributed by atoms with E-state index in [2.05, 4.69) is 42.5 Å². The number of benzene rings is 1. The van der Waals surface area contributed by atoms with Gasteiger partial charge in [-0.2, -0.15) is 0 Å². The van der Waals surface area contributed by atoms with Crippen LogP contribution < -0.4 is 59.7 Å². The van der Waals surface area contributed by atoms with Gasteiger partial charge >= 0.3 is 5.97 Å². The van der Waals surface area contributed by atoms with Gasteiger partial charge in [0.05, 0.1) is 12.5 Å². The lowest BCUT2D eigenvalue weighted by molar-refractivity contribution is -0.144. The molecule has 1 aliphatic rings. The number of carbonyl (C=O) groups excluding carboxylic acids is 9. The highest BCUT2D eigenvalue weighted by molar-refractivity contribution is 5.99. The number of carboxylic acids is 1. The molecule has 0 aromatic heterocycles. The maximum absolute atomic E-state index is 14.3. The summed E-state index contributed by atoms with van der Waals surface area (Å²) in [7, 11) is 0. The van der Waals surface area contributed by atoms with Crippen LogP contribution in [0.3, 0.4) is 0 Å². The summed E-state index contributed by atoms with van der Waals surface area (Å²) in [5, 5.41) is 31.2. The van der Waals surface area contributed by atoms with Crippen LogP contribution in [0.5, 0.6) is 0 Å². The van der Waals surface area contributed by atoms with E-state index in [1.54, 1.807) is 44.2 Å². The lowest BCUT2D eigenvalue weighted by Crippen LogP contribution is -2.61. The SMILES string of the molecule is CC[C@H](C)[C@H](NC(=O)[C@H](CCC(N)=O)NC(=O)[C@H](Cc1ccccc1)NC(=O)[C@H](CCCCN)NC(=O)[C@H](CC(N)=O)NC(=O)[C@H](CC(C)C)NC(=O)[C@H](CC(C)C)NC(=O)[C@@H]1CCCN1)C(=O)O. The smallest absolute Gasteiger partial charge is 0.326 e. The number of carboxylic acid groups (broad SMARTS) is 1. The van der Waals surface area contributed by atoms with E-state index in [1.807, 2.05) is 27.7 Å². The lowest BCUT2D eigenvalue weighted by Gasteiger charge is -2.28. The molecule has 2 rings (SSSR count). The molecule has 1 aromatic carbocycles. The third kappa shape index (κ3) is 21.8. The summed E-state index contributed by atoms with van der Waals surface area (Å²) in [6.45, 7) is 11.7. The number of nitrogens with one attached hydrogen (secondary N) is 8. The zero-order chi connectivity index (χ0) is 51.8. The number of nitrogens with two attached hydrogens (primary N) is 3. The summed E-state index contributed by atoms with van der Waals surface area (Å²) in [5.74, 6) is -9.16. The molecule has 15 N–H and O–H groups in total. The summed E-state index contributed by atoms with van der Waals surface area (Å²) >= 11 is 0. The van der Waals surface area contributed by atoms with E-state index in [0.29, 0.717) is 37.8 Å². The lowest BCUT2D eigenvalue weighted by atomic mass is 9.98. The normalized spacial score (nSPS) is 16.9. The number of amides is 9. The van der Waals surface area contributed by atoms with E-state index in [0.717, 1.165) is 6.42 Å². The number of rotatable bonds is 32. The van der Waals surface area contributed by atoms with Crippen molar-refractivity contribution >= 4 is 59.1 Å². The Kier molecular flexibility index (Phi) is 25.9. The monoisotopic (exact) mass is 972 g/mol. The third-order valence-electron chi connectivity index (χ3n) is 11.7. The van der Waals surface area contributed by atoms with Crippen molar-refractivity contribution in [1.82, 2.24) is 42.5 Å². The van der Waals surface area contributed by atoms with Crippen molar-refractivity contribution < 1.29 is 53.1 Å². The van der Waals surface area contributed by atoms with Crippen LogP contribution in [0.4, 0.5) is 0 Å². The average Bonchev–Trinajstić information content (AvgIpc) is 3.83. The molecule has 9 amide bonds. The van der Waals surface area contributed by atoms with Gasteiger partial charge in [-0.25, -0.2) is 4.79 Å². The van der Waals surface area contributed by atoms with Crippen molar-refractivity contribution in [2.24, 2.45) is 35.0 Å². The molecule has 1 fully saturated rings. The molecule has 1 aliphatic heterocycles. The average molecular weight is 972 g/mol. The summed E-state index contributed by atoms with van der Waals surface area (Å²) in [6, 6.07) is -1.36. The van der Waals surface area contributed by atoms with Gasteiger partial charge < -0.3 is 64.8 Å². The van der Waals surface area contributed by atoms with Gasteiger partial charge in [0.2, 0.25) is 53.2 Å². The van der Waals surface area contributed by atoms with Gasteiger partial charge in [-0.3, -0.25) is 43.2 Å². The summed E-state index contributed by atoms with van der Waals surface area (Å²) < 4.78 is 0. The number of carbonyl (C=O) groups is 10. The highest BCUT2D eigenvalue weighted by atomic mass is 16.4. The Morgan fingerprint density at radius 1 is 0.638 bits per heavy atom. The van der Waals surface area contributed by atoms with Crippen LogP contribution in [0.15, 0.2) is 30.3 Å². The fraction of sp³-hybridized carbons (Fsp3) is 0.660. The van der Waals surface area contributed by atoms with Crippen molar-refractivity contribution in [2.45, 2.75) is 167 Å². The Labute approximate surface area is 404 Å². The minimum Gasteiger partial charge on any atom is -0.480 e. The van der Waals surface area contributed by atoms with Crippen LogP contribution in [0.25, 0.3) is 0 Å². The van der Waals surface area contributed by atoms with Crippen molar-refractivity contribution in [3.05, 3.63) is 35.9 Å². The van der Waals surface area contributed by atoms with Gasteiger partial charge in [0.1, 0.15) is 42.3 Å². The molecule has 1 heterocycles. The van der Waals surface area contributed by atoms with E-state index in [1.165, 1.54) is 0 Å². The largest absolute Gasteiger partial charge is 0.480 e. The first kappa shape index (κ1) is 59.0. The molecule has 22 nitrogen and oxygen atoms in total. The Balaban J connectivity index is 2.44. The second-order valence-electron chi connectivity index (χ2n) is 18.6. The van der Waals surface area contributed by atoms with Gasteiger partial charge in [-0.15, -0.1) is 0 Å². The van der Waals surface area contributed by atoms with Gasteiger partial charge in [0.15, 0.2) is 0 Å².